The molecule has 0 aliphatic rings. The number of hydrogen-bond donors (Lipinski definition) is 0. The zero-order chi connectivity index (χ0) is 14.8. The van der Waals surface area contributed by atoms with Crippen LogP contribution in [0.4, 0.5) is 0 Å². The van der Waals surface area contributed by atoms with Crippen molar-refractivity contribution < 1.29 is 0 Å². The van der Waals surface area contributed by atoms with Crippen molar-refractivity contribution in [2.45, 2.75) is 129 Å². The van der Waals surface area contributed by atoms with Crippen LogP contribution in [0.25, 0.3) is 0 Å². The van der Waals surface area contributed by atoms with Crippen LogP contribution in [-0.4, -0.2) is 0 Å². The molecule has 0 amide bonds. The standard InChI is InChI=1S/3C6H14.3CH4/c1-4-5-6(2)3;1-4-6(3)5-2;1-3-5-6-4-2;;;/h2*6H,4-5H2,1-3H3;3-6H2,1-2H3;3*1H4. The van der Waals surface area contributed by atoms with Crippen LogP contribution in [0.2, 0.25) is 0 Å². The Morgan fingerprint density at radius 2 is 0.905 bits per heavy atom. The van der Waals surface area contributed by atoms with E-state index in [0.717, 1.165) is 11.8 Å². The van der Waals surface area contributed by atoms with Crippen LogP contribution in [0.5, 0.6) is 0 Å². The summed E-state index contributed by atoms with van der Waals surface area (Å²) in [5, 5.41) is 0. The minimum atomic E-state index is 0. The minimum Gasteiger partial charge on any atom is -0.0776 e. The van der Waals surface area contributed by atoms with Gasteiger partial charge in [-0.3, -0.25) is 0 Å². The summed E-state index contributed by atoms with van der Waals surface area (Å²) in [4.78, 5) is 0. The summed E-state index contributed by atoms with van der Waals surface area (Å²) in [6.07, 6.45) is 10.9. The predicted octanol–water partition coefficient (Wildman–Crippen LogP) is 9.38. The van der Waals surface area contributed by atoms with Gasteiger partial charge in [0.25, 0.3) is 0 Å². The summed E-state index contributed by atoms with van der Waals surface area (Å²) in [7, 11) is 0. The molecule has 0 aromatic heterocycles. The molecule has 0 saturated heterocycles. The molecule has 0 saturated carbocycles. The van der Waals surface area contributed by atoms with Crippen molar-refractivity contribution in [3.63, 3.8) is 0 Å². The van der Waals surface area contributed by atoms with E-state index in [0.29, 0.717) is 0 Å². The van der Waals surface area contributed by atoms with Gasteiger partial charge < -0.3 is 0 Å². The normalized spacial score (nSPS) is 8.29. The molecule has 0 nitrogen and oxygen atoms in total. The van der Waals surface area contributed by atoms with Gasteiger partial charge in [-0.2, -0.15) is 0 Å². The van der Waals surface area contributed by atoms with Gasteiger partial charge in [0.15, 0.2) is 0 Å². The first-order valence-corrected chi connectivity index (χ1v) is 8.49. The number of rotatable bonds is 7. The molecule has 0 heteroatoms. The van der Waals surface area contributed by atoms with Gasteiger partial charge >= 0.3 is 0 Å². The fourth-order valence-electron chi connectivity index (χ4n) is 1.37. The summed E-state index contributed by atoms with van der Waals surface area (Å²) in [6, 6.07) is 0. The lowest BCUT2D eigenvalue weighted by Crippen LogP contribution is -1.85. The lowest BCUT2D eigenvalue weighted by atomic mass is 10.1. The van der Waals surface area contributed by atoms with E-state index in [2.05, 4.69) is 55.4 Å². The molecule has 0 atom stereocenters. The van der Waals surface area contributed by atoms with E-state index in [-0.39, 0.29) is 22.3 Å². The molecular formula is C21H54. The van der Waals surface area contributed by atoms with Crippen molar-refractivity contribution in [3.8, 4) is 0 Å². The van der Waals surface area contributed by atoms with Gasteiger partial charge in [-0.1, -0.05) is 129 Å². The molecule has 0 unspecified atom stereocenters. The van der Waals surface area contributed by atoms with Crippen LogP contribution < -0.4 is 0 Å². The third-order valence-electron chi connectivity index (χ3n) is 3.22. The predicted molar refractivity (Wildman–Crippen MR) is 110 cm³/mol. The third-order valence-corrected chi connectivity index (χ3v) is 3.22. The van der Waals surface area contributed by atoms with Gasteiger partial charge in [-0.15, -0.1) is 0 Å². The first-order valence-electron chi connectivity index (χ1n) is 8.49. The Labute approximate surface area is 141 Å². The van der Waals surface area contributed by atoms with Crippen molar-refractivity contribution in [1.82, 2.24) is 0 Å². The summed E-state index contributed by atoms with van der Waals surface area (Å²) < 4.78 is 0. The van der Waals surface area contributed by atoms with Crippen LogP contribution in [0.15, 0.2) is 0 Å². The Hall–Kier alpha value is 0. The van der Waals surface area contributed by atoms with Gasteiger partial charge in [-0.05, 0) is 11.8 Å². The fraction of sp³-hybridized carbons (Fsp3) is 1.00. The molecule has 0 spiro atoms. The molecule has 0 radical (unpaired) electrons. The molecule has 0 aliphatic carbocycles. The molecule has 0 aromatic rings. The third kappa shape index (κ3) is 64.8. The summed E-state index contributed by atoms with van der Waals surface area (Å²) >= 11 is 0. The second-order valence-corrected chi connectivity index (χ2v) is 5.81. The first-order chi connectivity index (χ1) is 8.49. The van der Waals surface area contributed by atoms with Crippen LogP contribution >= 0.6 is 0 Å². The fourth-order valence-corrected chi connectivity index (χ4v) is 1.37. The average Bonchev–Trinajstić information content (AvgIpc) is 2.36. The Balaban J connectivity index is -0.0000000375. The van der Waals surface area contributed by atoms with E-state index < -0.39 is 0 Å². The van der Waals surface area contributed by atoms with Gasteiger partial charge in [0.1, 0.15) is 0 Å². The van der Waals surface area contributed by atoms with Crippen molar-refractivity contribution in [2.24, 2.45) is 11.8 Å². The Kier molecular flexibility index (Phi) is 65.5. The monoisotopic (exact) mass is 306 g/mol. The maximum atomic E-state index is 2.28. The highest BCUT2D eigenvalue weighted by Gasteiger charge is 1.88. The molecule has 0 aromatic carbocycles. The number of hydrogen-bond acceptors (Lipinski definition) is 0. The van der Waals surface area contributed by atoms with Crippen molar-refractivity contribution in [1.29, 1.82) is 0 Å². The van der Waals surface area contributed by atoms with Gasteiger partial charge in [-0.25, -0.2) is 0 Å². The summed E-state index contributed by atoms with van der Waals surface area (Å²) in [6.45, 7) is 17.9. The molecule has 0 bridgehead atoms. The van der Waals surface area contributed by atoms with E-state index >= 15 is 0 Å². The molecule has 0 aliphatic heterocycles. The maximum absolute atomic E-state index is 2.28. The summed E-state index contributed by atoms with van der Waals surface area (Å²) in [5.74, 6) is 1.83. The highest BCUT2D eigenvalue weighted by atomic mass is 13.9. The van der Waals surface area contributed by atoms with Crippen LogP contribution in [0, 0.1) is 11.8 Å². The molecule has 0 heterocycles. The van der Waals surface area contributed by atoms with Gasteiger partial charge in [0, 0.05) is 0 Å². The van der Waals surface area contributed by atoms with Crippen molar-refractivity contribution >= 4 is 0 Å². The topological polar surface area (TPSA) is 0 Å². The second-order valence-electron chi connectivity index (χ2n) is 5.81. The molecule has 138 valence electrons. The molecule has 0 rings (SSSR count). The SMILES string of the molecule is C.C.C.CCC(C)CC.CCCC(C)C.CCCCCC. The first kappa shape index (κ1) is 37.3. The van der Waals surface area contributed by atoms with E-state index in [9.17, 15) is 0 Å². The quantitative estimate of drug-likeness (QED) is 0.411. The van der Waals surface area contributed by atoms with E-state index in [4.69, 9.17) is 0 Å². The van der Waals surface area contributed by atoms with Gasteiger partial charge in [0.05, 0.1) is 0 Å². The Bertz CT molecular complexity index is 96.6. The smallest absolute Gasteiger partial charge is 0.0448 e. The maximum Gasteiger partial charge on any atom is -0.0448 e. The van der Waals surface area contributed by atoms with Crippen LogP contribution in [0.3, 0.4) is 0 Å². The second kappa shape index (κ2) is 36.8. The van der Waals surface area contributed by atoms with Gasteiger partial charge in [0.2, 0.25) is 0 Å². The molecule has 21 heavy (non-hydrogen) atoms. The largest absolute Gasteiger partial charge is 0.0776 e. The highest BCUT2D eigenvalue weighted by molar-refractivity contribution is 4.41. The Morgan fingerprint density at radius 3 is 0.952 bits per heavy atom. The lowest BCUT2D eigenvalue weighted by Gasteiger charge is -1.98. The van der Waals surface area contributed by atoms with Crippen LogP contribution in [-0.2, 0) is 0 Å². The van der Waals surface area contributed by atoms with E-state index in [1.54, 1.807) is 0 Å². The minimum absolute atomic E-state index is 0. The average molecular weight is 307 g/mol. The zero-order valence-corrected chi connectivity index (χ0v) is 14.8. The Morgan fingerprint density at radius 1 is 0.571 bits per heavy atom. The number of unbranched alkanes of at least 4 members (excludes halogenated alkanes) is 3. The molecular weight excluding hydrogens is 252 g/mol. The molecule has 0 fully saturated rings. The zero-order valence-electron chi connectivity index (χ0n) is 14.8. The highest BCUT2D eigenvalue weighted by Crippen LogP contribution is 2.03. The van der Waals surface area contributed by atoms with E-state index in [1.165, 1.54) is 51.4 Å². The van der Waals surface area contributed by atoms with E-state index in [1.807, 2.05) is 0 Å². The van der Waals surface area contributed by atoms with Crippen LogP contribution in [0.1, 0.15) is 129 Å². The molecule has 0 N–H and O–H groups in total. The van der Waals surface area contributed by atoms with Crippen molar-refractivity contribution in [3.05, 3.63) is 0 Å². The lowest BCUT2D eigenvalue weighted by molar-refractivity contribution is 0.544. The van der Waals surface area contributed by atoms with Crippen molar-refractivity contribution in [2.75, 3.05) is 0 Å². The summed E-state index contributed by atoms with van der Waals surface area (Å²) in [5.41, 5.74) is 0.